The molecule has 0 amide bonds. The number of carboxylic acids is 1. The molecule has 3 heteroatoms. The molecule has 138 valence electrons. The molecule has 2 unspecified atom stereocenters. The highest BCUT2D eigenvalue weighted by Gasteiger charge is 2.42. The van der Waals surface area contributed by atoms with Crippen LogP contribution in [0, 0.1) is 11.3 Å². The van der Waals surface area contributed by atoms with Gasteiger partial charge in [0.25, 0.3) is 0 Å². The molecule has 2 N–H and O–H groups in total. The van der Waals surface area contributed by atoms with Gasteiger partial charge < -0.3 is 10.2 Å². The normalized spacial score (nSPS) is 15.3. The summed E-state index contributed by atoms with van der Waals surface area (Å²) in [6, 6.07) is 0. The lowest BCUT2D eigenvalue weighted by Crippen LogP contribution is -2.39. The first-order valence-corrected chi connectivity index (χ1v) is 9.93. The van der Waals surface area contributed by atoms with Gasteiger partial charge in [-0.05, 0) is 25.2 Å². The number of unbranched alkanes of at least 4 members (excludes halogenated alkanes) is 8. The van der Waals surface area contributed by atoms with Crippen molar-refractivity contribution in [3.8, 4) is 0 Å². The predicted molar refractivity (Wildman–Crippen MR) is 97.7 cm³/mol. The molecule has 23 heavy (non-hydrogen) atoms. The van der Waals surface area contributed by atoms with Crippen LogP contribution in [0.5, 0.6) is 0 Å². The zero-order valence-electron chi connectivity index (χ0n) is 15.8. The van der Waals surface area contributed by atoms with Gasteiger partial charge in [-0.3, -0.25) is 4.79 Å². The van der Waals surface area contributed by atoms with E-state index in [9.17, 15) is 15.0 Å². The van der Waals surface area contributed by atoms with Gasteiger partial charge in [0.15, 0.2) is 0 Å². The molecule has 0 aliphatic carbocycles. The molecule has 0 bridgehead atoms. The molecule has 0 aliphatic heterocycles. The molecule has 0 aromatic heterocycles. The second-order valence-electron chi connectivity index (χ2n) is 7.01. The van der Waals surface area contributed by atoms with E-state index in [1.165, 1.54) is 51.4 Å². The van der Waals surface area contributed by atoms with Crippen LogP contribution >= 0.6 is 0 Å². The van der Waals surface area contributed by atoms with Gasteiger partial charge in [0, 0.05) is 6.61 Å². The Morgan fingerprint density at radius 3 is 1.83 bits per heavy atom. The zero-order chi connectivity index (χ0) is 17.6. The third-order valence-electron chi connectivity index (χ3n) is 5.55. The third kappa shape index (κ3) is 8.19. The lowest BCUT2D eigenvalue weighted by atomic mass is 9.68. The van der Waals surface area contributed by atoms with E-state index in [0.717, 1.165) is 19.3 Å². The van der Waals surface area contributed by atoms with E-state index < -0.39 is 11.4 Å². The minimum atomic E-state index is -0.732. The molecule has 0 aromatic carbocycles. The Balaban J connectivity index is 4.10. The van der Waals surface area contributed by atoms with Gasteiger partial charge >= 0.3 is 5.97 Å². The molecule has 0 spiro atoms. The largest absolute Gasteiger partial charge is 0.481 e. The van der Waals surface area contributed by atoms with E-state index in [4.69, 9.17) is 0 Å². The van der Waals surface area contributed by atoms with Gasteiger partial charge in [-0.1, -0.05) is 85.0 Å². The van der Waals surface area contributed by atoms with Crippen molar-refractivity contribution in [3.05, 3.63) is 0 Å². The molecule has 0 rings (SSSR count). The summed E-state index contributed by atoms with van der Waals surface area (Å²) in [5.74, 6) is -0.543. The van der Waals surface area contributed by atoms with Crippen molar-refractivity contribution in [2.24, 2.45) is 11.3 Å². The van der Waals surface area contributed by atoms with E-state index in [2.05, 4.69) is 13.8 Å². The number of rotatable bonds is 16. The molecule has 0 fully saturated rings. The van der Waals surface area contributed by atoms with Crippen LogP contribution in [0.15, 0.2) is 0 Å². The Morgan fingerprint density at radius 2 is 1.43 bits per heavy atom. The van der Waals surface area contributed by atoms with Crippen LogP contribution in [0.3, 0.4) is 0 Å². The second-order valence-corrected chi connectivity index (χ2v) is 7.01. The van der Waals surface area contributed by atoms with Gasteiger partial charge in [-0.25, -0.2) is 0 Å². The average molecular weight is 329 g/mol. The number of hydrogen-bond acceptors (Lipinski definition) is 2. The van der Waals surface area contributed by atoms with Crippen molar-refractivity contribution in [3.63, 3.8) is 0 Å². The van der Waals surface area contributed by atoms with Crippen molar-refractivity contribution in [1.82, 2.24) is 0 Å². The fraction of sp³-hybridized carbons (Fsp3) is 0.950. The number of carbonyl (C=O) groups is 1. The summed E-state index contributed by atoms with van der Waals surface area (Å²) in [7, 11) is 0. The molecule has 0 saturated carbocycles. The van der Waals surface area contributed by atoms with Crippen LogP contribution in [0.4, 0.5) is 0 Å². The SMILES string of the molecule is CCCCCCCCCCCC(CC)C(CC)(CCO)C(=O)O. The maximum absolute atomic E-state index is 11.8. The van der Waals surface area contributed by atoms with E-state index in [0.29, 0.717) is 12.8 Å². The van der Waals surface area contributed by atoms with E-state index in [-0.39, 0.29) is 12.5 Å². The highest BCUT2D eigenvalue weighted by Crippen LogP contribution is 2.40. The summed E-state index contributed by atoms with van der Waals surface area (Å²) >= 11 is 0. The van der Waals surface area contributed by atoms with Crippen molar-refractivity contribution < 1.29 is 15.0 Å². The first kappa shape index (κ1) is 22.4. The van der Waals surface area contributed by atoms with Gasteiger partial charge in [0.05, 0.1) is 5.41 Å². The average Bonchev–Trinajstić information content (AvgIpc) is 2.55. The smallest absolute Gasteiger partial charge is 0.309 e. The lowest BCUT2D eigenvalue weighted by molar-refractivity contribution is -0.155. The Bertz CT molecular complexity index is 291. The van der Waals surface area contributed by atoms with Crippen molar-refractivity contribution in [2.45, 2.75) is 104 Å². The van der Waals surface area contributed by atoms with Gasteiger partial charge in [-0.2, -0.15) is 0 Å². The fourth-order valence-electron chi connectivity index (χ4n) is 3.87. The topological polar surface area (TPSA) is 57.5 Å². The van der Waals surface area contributed by atoms with Gasteiger partial charge in [0.1, 0.15) is 0 Å². The molecule has 3 nitrogen and oxygen atoms in total. The van der Waals surface area contributed by atoms with Crippen molar-refractivity contribution >= 4 is 5.97 Å². The van der Waals surface area contributed by atoms with Crippen LogP contribution in [0.2, 0.25) is 0 Å². The van der Waals surface area contributed by atoms with Gasteiger partial charge in [-0.15, -0.1) is 0 Å². The number of carboxylic acid groups (broad SMARTS) is 1. The summed E-state index contributed by atoms with van der Waals surface area (Å²) in [5.41, 5.74) is -0.732. The van der Waals surface area contributed by atoms with Gasteiger partial charge in [0.2, 0.25) is 0 Å². The van der Waals surface area contributed by atoms with Crippen molar-refractivity contribution in [1.29, 1.82) is 0 Å². The summed E-state index contributed by atoms with van der Waals surface area (Å²) < 4.78 is 0. The number of aliphatic hydroxyl groups is 1. The summed E-state index contributed by atoms with van der Waals surface area (Å²) in [5, 5.41) is 19.0. The fourth-order valence-corrected chi connectivity index (χ4v) is 3.87. The molecule has 0 aromatic rings. The maximum Gasteiger partial charge on any atom is 0.309 e. The monoisotopic (exact) mass is 328 g/mol. The Hall–Kier alpha value is -0.570. The Labute approximate surface area is 143 Å². The van der Waals surface area contributed by atoms with E-state index in [1.807, 2.05) is 6.92 Å². The third-order valence-corrected chi connectivity index (χ3v) is 5.55. The van der Waals surface area contributed by atoms with Crippen LogP contribution in [0.25, 0.3) is 0 Å². The molecular formula is C20H40O3. The molecular weight excluding hydrogens is 288 g/mol. The van der Waals surface area contributed by atoms with Crippen LogP contribution in [-0.2, 0) is 4.79 Å². The number of hydrogen-bond donors (Lipinski definition) is 2. The standard InChI is InChI=1S/C20H40O3/c1-4-7-8-9-10-11-12-13-14-15-18(5-2)20(6-3,16-17-21)19(22)23/h18,21H,4-17H2,1-3H3,(H,22,23). The summed E-state index contributed by atoms with van der Waals surface area (Å²) in [4.78, 5) is 11.8. The molecule has 0 saturated heterocycles. The Kier molecular flexibility index (Phi) is 13.5. The minimum absolute atomic E-state index is 0.0333. The summed E-state index contributed by atoms with van der Waals surface area (Å²) in [6.07, 6.45) is 14.5. The Morgan fingerprint density at radius 1 is 0.913 bits per heavy atom. The molecule has 0 radical (unpaired) electrons. The zero-order valence-corrected chi connectivity index (χ0v) is 15.8. The predicted octanol–water partition coefficient (Wildman–Crippen LogP) is 5.80. The van der Waals surface area contributed by atoms with E-state index >= 15 is 0 Å². The first-order valence-electron chi connectivity index (χ1n) is 9.93. The summed E-state index contributed by atoms with van der Waals surface area (Å²) in [6.45, 7) is 6.24. The highest BCUT2D eigenvalue weighted by molar-refractivity contribution is 5.75. The first-order chi connectivity index (χ1) is 11.1. The minimum Gasteiger partial charge on any atom is -0.481 e. The lowest BCUT2D eigenvalue weighted by Gasteiger charge is -2.36. The van der Waals surface area contributed by atoms with Crippen LogP contribution < -0.4 is 0 Å². The number of aliphatic carboxylic acids is 1. The van der Waals surface area contributed by atoms with Crippen LogP contribution in [-0.4, -0.2) is 22.8 Å². The molecule has 0 aliphatic rings. The highest BCUT2D eigenvalue weighted by atomic mass is 16.4. The molecule has 2 atom stereocenters. The maximum atomic E-state index is 11.8. The van der Waals surface area contributed by atoms with Crippen molar-refractivity contribution in [2.75, 3.05) is 6.61 Å². The van der Waals surface area contributed by atoms with Crippen LogP contribution in [0.1, 0.15) is 104 Å². The quantitative estimate of drug-likeness (QED) is 0.352. The number of aliphatic hydroxyl groups excluding tert-OH is 1. The second kappa shape index (κ2) is 13.8. The molecule has 0 heterocycles. The van der Waals surface area contributed by atoms with E-state index in [1.54, 1.807) is 0 Å².